The third-order valence-electron chi connectivity index (χ3n) is 3.77. The normalized spacial score (nSPS) is 13.5. The number of fused-ring (bicyclic) bond motifs is 3. The minimum absolute atomic E-state index is 0.0122. The zero-order valence-electron chi connectivity index (χ0n) is 12.0. The molecule has 22 heavy (non-hydrogen) atoms. The maximum atomic E-state index is 12.5. The highest BCUT2D eigenvalue weighted by Gasteiger charge is 2.27. The topological polar surface area (TPSA) is 63.9 Å². The average Bonchev–Trinajstić information content (AvgIpc) is 2.94. The van der Waals surface area contributed by atoms with Gasteiger partial charge in [-0.2, -0.15) is 0 Å². The molecule has 1 amide bonds. The van der Waals surface area contributed by atoms with Crippen LogP contribution in [0, 0.1) is 0 Å². The van der Waals surface area contributed by atoms with E-state index in [4.69, 9.17) is 0 Å². The summed E-state index contributed by atoms with van der Waals surface area (Å²) in [6.07, 6.45) is 3.44. The SMILES string of the molecule is CN1Cc2nnc(-c3ccncc3)n2-c2ccccc2C1=O. The molecule has 0 atom stereocenters. The average molecular weight is 291 g/mol. The fourth-order valence-electron chi connectivity index (χ4n) is 2.70. The molecule has 0 fully saturated rings. The van der Waals surface area contributed by atoms with E-state index in [-0.39, 0.29) is 5.91 Å². The molecule has 6 nitrogen and oxygen atoms in total. The number of carbonyl (C=O) groups is 1. The Morgan fingerprint density at radius 3 is 2.64 bits per heavy atom. The Bertz CT molecular complexity index is 856. The van der Waals surface area contributed by atoms with Crippen LogP contribution in [-0.2, 0) is 6.54 Å². The monoisotopic (exact) mass is 291 g/mol. The standard InChI is InChI=1S/C16H13N5O/c1-20-10-14-18-19-15(11-6-8-17-9-7-11)21(14)13-5-3-2-4-12(13)16(20)22/h2-9H,10H2,1H3. The summed E-state index contributed by atoms with van der Waals surface area (Å²) in [5, 5.41) is 8.59. The second-order valence-electron chi connectivity index (χ2n) is 5.19. The zero-order chi connectivity index (χ0) is 15.1. The molecule has 0 saturated heterocycles. The van der Waals surface area contributed by atoms with Crippen LogP contribution >= 0.6 is 0 Å². The number of para-hydroxylation sites is 1. The van der Waals surface area contributed by atoms with Gasteiger partial charge in [-0.1, -0.05) is 12.1 Å². The summed E-state index contributed by atoms with van der Waals surface area (Å²) < 4.78 is 1.95. The van der Waals surface area contributed by atoms with Crippen LogP contribution in [0.3, 0.4) is 0 Å². The Kier molecular flexibility index (Phi) is 2.75. The van der Waals surface area contributed by atoms with Crippen molar-refractivity contribution in [3.8, 4) is 17.1 Å². The molecule has 0 spiro atoms. The third kappa shape index (κ3) is 1.81. The number of carbonyl (C=O) groups excluding carboxylic acids is 1. The van der Waals surface area contributed by atoms with Gasteiger partial charge in [0, 0.05) is 25.0 Å². The Labute approximate surface area is 127 Å². The summed E-state index contributed by atoms with van der Waals surface area (Å²) in [6.45, 7) is 0.422. The molecule has 0 radical (unpaired) electrons. The molecular weight excluding hydrogens is 278 g/mol. The summed E-state index contributed by atoms with van der Waals surface area (Å²) in [5.41, 5.74) is 2.38. The lowest BCUT2D eigenvalue weighted by atomic mass is 10.1. The summed E-state index contributed by atoms with van der Waals surface area (Å²) in [4.78, 5) is 18.2. The predicted molar refractivity (Wildman–Crippen MR) is 80.4 cm³/mol. The Morgan fingerprint density at radius 2 is 1.82 bits per heavy atom. The molecule has 108 valence electrons. The van der Waals surface area contributed by atoms with Gasteiger partial charge in [0.2, 0.25) is 0 Å². The number of pyridine rings is 1. The second kappa shape index (κ2) is 4.77. The minimum Gasteiger partial charge on any atom is -0.334 e. The van der Waals surface area contributed by atoms with Crippen molar-refractivity contribution in [3.05, 3.63) is 60.2 Å². The van der Waals surface area contributed by atoms with Gasteiger partial charge in [0.15, 0.2) is 11.6 Å². The van der Waals surface area contributed by atoms with Gasteiger partial charge in [-0.25, -0.2) is 0 Å². The zero-order valence-corrected chi connectivity index (χ0v) is 12.0. The largest absolute Gasteiger partial charge is 0.334 e. The van der Waals surface area contributed by atoms with Crippen molar-refractivity contribution in [1.82, 2.24) is 24.6 Å². The summed E-state index contributed by atoms with van der Waals surface area (Å²) in [7, 11) is 1.77. The van der Waals surface area contributed by atoms with Crippen molar-refractivity contribution in [3.63, 3.8) is 0 Å². The van der Waals surface area contributed by atoms with Gasteiger partial charge in [-0.15, -0.1) is 10.2 Å². The molecule has 2 aromatic heterocycles. The smallest absolute Gasteiger partial charge is 0.256 e. The first-order chi connectivity index (χ1) is 10.8. The van der Waals surface area contributed by atoms with E-state index in [9.17, 15) is 4.79 Å². The molecule has 1 aliphatic rings. The number of amides is 1. The molecule has 3 heterocycles. The number of nitrogens with zero attached hydrogens (tertiary/aromatic N) is 5. The third-order valence-corrected chi connectivity index (χ3v) is 3.77. The van der Waals surface area contributed by atoms with E-state index in [1.165, 1.54) is 0 Å². The highest BCUT2D eigenvalue weighted by Crippen LogP contribution is 2.28. The van der Waals surface area contributed by atoms with E-state index in [1.54, 1.807) is 24.3 Å². The lowest BCUT2D eigenvalue weighted by molar-refractivity contribution is 0.0786. The van der Waals surface area contributed by atoms with Gasteiger partial charge in [0.25, 0.3) is 5.91 Å². The van der Waals surface area contributed by atoms with E-state index in [1.807, 2.05) is 41.0 Å². The summed E-state index contributed by atoms with van der Waals surface area (Å²) in [6, 6.07) is 11.3. The first-order valence-electron chi connectivity index (χ1n) is 6.95. The van der Waals surface area contributed by atoms with Crippen LogP contribution in [0.15, 0.2) is 48.8 Å². The quantitative estimate of drug-likeness (QED) is 0.687. The summed E-state index contributed by atoms with van der Waals surface area (Å²) in [5.74, 6) is 1.45. The van der Waals surface area contributed by atoms with Crippen LogP contribution in [0.4, 0.5) is 0 Å². The fourth-order valence-corrected chi connectivity index (χ4v) is 2.70. The van der Waals surface area contributed by atoms with Gasteiger partial charge >= 0.3 is 0 Å². The maximum Gasteiger partial charge on any atom is 0.256 e. The van der Waals surface area contributed by atoms with Crippen LogP contribution in [-0.4, -0.2) is 37.6 Å². The van der Waals surface area contributed by atoms with Crippen LogP contribution in [0.1, 0.15) is 16.2 Å². The molecule has 0 saturated carbocycles. The van der Waals surface area contributed by atoms with Crippen LogP contribution in [0.25, 0.3) is 17.1 Å². The van der Waals surface area contributed by atoms with Crippen molar-refractivity contribution in [2.24, 2.45) is 0 Å². The molecule has 1 aromatic carbocycles. The van der Waals surface area contributed by atoms with Crippen molar-refractivity contribution in [1.29, 1.82) is 0 Å². The predicted octanol–water partition coefficient (Wildman–Crippen LogP) is 1.91. The molecule has 0 unspecified atom stereocenters. The molecule has 0 N–H and O–H groups in total. The van der Waals surface area contributed by atoms with Gasteiger partial charge in [-0.05, 0) is 24.3 Å². The molecule has 6 heteroatoms. The van der Waals surface area contributed by atoms with Gasteiger partial charge < -0.3 is 4.90 Å². The number of aromatic nitrogens is 4. The highest BCUT2D eigenvalue weighted by atomic mass is 16.2. The first kappa shape index (κ1) is 12.7. The molecule has 4 rings (SSSR count). The Balaban J connectivity index is 2.02. The molecule has 0 aliphatic carbocycles. The minimum atomic E-state index is -0.0122. The lowest BCUT2D eigenvalue weighted by Gasteiger charge is -2.12. The number of benzene rings is 1. The van der Waals surface area contributed by atoms with E-state index >= 15 is 0 Å². The fraction of sp³-hybridized carbons (Fsp3) is 0.125. The van der Waals surface area contributed by atoms with Crippen LogP contribution in [0.5, 0.6) is 0 Å². The molecule has 3 aromatic rings. The van der Waals surface area contributed by atoms with Gasteiger partial charge in [0.05, 0.1) is 17.8 Å². The molecule has 0 bridgehead atoms. The molecule has 1 aliphatic heterocycles. The number of rotatable bonds is 1. The maximum absolute atomic E-state index is 12.5. The van der Waals surface area contributed by atoms with Crippen LogP contribution in [0.2, 0.25) is 0 Å². The van der Waals surface area contributed by atoms with E-state index in [2.05, 4.69) is 15.2 Å². The summed E-state index contributed by atoms with van der Waals surface area (Å²) >= 11 is 0. The lowest BCUT2D eigenvalue weighted by Crippen LogP contribution is -2.25. The van der Waals surface area contributed by atoms with E-state index in [0.717, 1.165) is 17.1 Å². The van der Waals surface area contributed by atoms with Gasteiger partial charge in [-0.3, -0.25) is 14.3 Å². The molecular formula is C16H13N5O. The first-order valence-corrected chi connectivity index (χ1v) is 6.95. The van der Waals surface area contributed by atoms with Gasteiger partial charge in [0.1, 0.15) is 0 Å². The van der Waals surface area contributed by atoms with Crippen molar-refractivity contribution in [2.45, 2.75) is 6.54 Å². The Morgan fingerprint density at radius 1 is 1.05 bits per heavy atom. The second-order valence-corrected chi connectivity index (χ2v) is 5.19. The number of hydrogen-bond donors (Lipinski definition) is 0. The van der Waals surface area contributed by atoms with Crippen molar-refractivity contribution in [2.75, 3.05) is 7.05 Å². The van der Waals surface area contributed by atoms with Crippen molar-refractivity contribution < 1.29 is 4.79 Å². The number of hydrogen-bond acceptors (Lipinski definition) is 4. The van der Waals surface area contributed by atoms with E-state index < -0.39 is 0 Å². The van der Waals surface area contributed by atoms with Crippen LogP contribution < -0.4 is 0 Å². The van der Waals surface area contributed by atoms with Crippen molar-refractivity contribution >= 4 is 5.91 Å². The highest BCUT2D eigenvalue weighted by molar-refractivity contribution is 5.98. The Hall–Kier alpha value is -3.02. The van der Waals surface area contributed by atoms with E-state index in [0.29, 0.717) is 17.9 Å².